The maximum Gasteiger partial charge on any atom is 0.137 e. The second-order valence-electron chi connectivity index (χ2n) is 0.453. The zero-order chi connectivity index (χ0) is 4.12. The fourth-order valence-electron chi connectivity index (χ4n) is 0.0577. The van der Waals surface area contributed by atoms with Crippen LogP contribution in [0.3, 0.4) is 0 Å². The molecule has 1 radical (unpaired) electrons. The van der Waals surface area contributed by atoms with E-state index in [1.807, 2.05) is 0 Å². The Morgan fingerprint density at radius 2 is 2.60 bits per heavy atom. The number of hydrogen-bond donors (Lipinski definition) is 1. The Morgan fingerprint density at radius 1 is 2.00 bits per heavy atom. The highest BCUT2D eigenvalue weighted by molar-refractivity contribution is 3.89. The van der Waals surface area contributed by atoms with E-state index in [-0.39, 0.29) is 6.73 Å². The monoisotopic (exact) mass is 76.0 g/mol. The third-order valence-corrected chi connectivity index (χ3v) is 0.187. The van der Waals surface area contributed by atoms with Crippen LogP contribution in [0, 0.1) is 0 Å². The molecule has 5 heavy (non-hydrogen) atoms. The van der Waals surface area contributed by atoms with Crippen molar-refractivity contribution in [1.82, 2.24) is 5.48 Å². The number of hydrogen-bond acceptors (Lipinski definition) is 2. The van der Waals surface area contributed by atoms with Gasteiger partial charge in [-0.25, -0.2) is 0 Å². The van der Waals surface area contributed by atoms with Crippen molar-refractivity contribution in [3.05, 3.63) is 0 Å². The first-order valence-electron chi connectivity index (χ1n) is 1.22. The summed E-state index contributed by atoms with van der Waals surface area (Å²) in [4.78, 5) is 4.07. The summed E-state index contributed by atoms with van der Waals surface area (Å²) in [6.07, 6.45) is 0. The molecule has 0 aliphatic rings. The van der Waals surface area contributed by atoms with E-state index >= 15 is 0 Å². The largest absolute Gasteiger partial charge is 0.377 e. The van der Waals surface area contributed by atoms with Gasteiger partial charge in [-0.3, -0.25) is 4.84 Å². The van der Waals surface area contributed by atoms with E-state index in [1.165, 1.54) is 7.11 Å². The number of hydroxylamine groups is 1. The fourth-order valence-corrected chi connectivity index (χ4v) is 0.0577. The molecule has 1 N–H and O–H groups in total. The van der Waals surface area contributed by atoms with E-state index in [4.69, 9.17) is 5.11 Å². The Kier molecular flexibility index (Phi) is 3.79. The van der Waals surface area contributed by atoms with Crippen molar-refractivity contribution in [3.63, 3.8) is 0 Å². The van der Waals surface area contributed by atoms with Gasteiger partial charge in [-0.1, -0.05) is 5.48 Å². The minimum Gasteiger partial charge on any atom is -0.377 e. The van der Waals surface area contributed by atoms with E-state index in [0.29, 0.717) is 0 Å². The first-order chi connectivity index (χ1) is 2.41. The summed E-state index contributed by atoms with van der Waals surface area (Å²) in [5.41, 5.74) is 3.03. The van der Waals surface area contributed by atoms with Crippen LogP contribution in [0.15, 0.2) is 0 Å². The van der Waals surface area contributed by atoms with Crippen LogP contribution in [0.2, 0.25) is 0 Å². The molecule has 0 aliphatic carbocycles. The molecule has 0 aromatic rings. The van der Waals surface area contributed by atoms with Gasteiger partial charge in [-0.15, -0.1) is 0 Å². The van der Waals surface area contributed by atoms with Gasteiger partial charge in [-0.2, -0.15) is 0 Å². The zero-order valence-electron chi connectivity index (χ0n) is 3.01. The second-order valence-corrected chi connectivity index (χ2v) is 0.453. The molecule has 3 heteroatoms. The molecule has 0 aromatic heterocycles. The molecule has 3 nitrogen and oxygen atoms in total. The number of rotatable bonds is 2. The van der Waals surface area contributed by atoms with E-state index in [1.54, 1.807) is 0 Å². The van der Waals surface area contributed by atoms with Crippen LogP contribution in [-0.2, 0) is 4.84 Å². The molecule has 31 valence electrons. The summed E-state index contributed by atoms with van der Waals surface area (Å²) >= 11 is 0. The van der Waals surface area contributed by atoms with Gasteiger partial charge in [0.2, 0.25) is 0 Å². The minimum atomic E-state index is -0.253. The first kappa shape index (κ1) is 4.88. The van der Waals surface area contributed by atoms with Crippen molar-refractivity contribution in [2.75, 3.05) is 13.8 Å². The molecule has 0 bridgehead atoms. The van der Waals surface area contributed by atoms with Crippen LogP contribution in [0.25, 0.3) is 0 Å². The Hall–Kier alpha value is -0.120. The maximum absolute atomic E-state index is 7.77. The SMILES string of the molecule is CO[N]CO. The van der Waals surface area contributed by atoms with Gasteiger partial charge in [0.25, 0.3) is 0 Å². The highest BCUT2D eigenvalue weighted by Gasteiger charge is 1.66. The van der Waals surface area contributed by atoms with Crippen LogP contribution in [0.5, 0.6) is 0 Å². The molecule has 0 unspecified atom stereocenters. The van der Waals surface area contributed by atoms with Crippen molar-refractivity contribution >= 4 is 0 Å². The average Bonchev–Trinajstić information content (AvgIpc) is 1.41. The molecule has 0 heterocycles. The van der Waals surface area contributed by atoms with E-state index in [2.05, 4.69) is 10.3 Å². The lowest BCUT2D eigenvalue weighted by atomic mass is 11.4. The van der Waals surface area contributed by atoms with Gasteiger partial charge >= 0.3 is 0 Å². The highest BCUT2D eigenvalue weighted by Crippen LogP contribution is 1.48. The predicted octanol–water partition coefficient (Wildman–Crippen LogP) is -0.898. The zero-order valence-corrected chi connectivity index (χ0v) is 3.01. The van der Waals surface area contributed by atoms with Gasteiger partial charge in [0, 0.05) is 0 Å². The van der Waals surface area contributed by atoms with Crippen LogP contribution >= 0.6 is 0 Å². The molecule has 0 aromatic carbocycles. The van der Waals surface area contributed by atoms with Gasteiger partial charge in [-0.05, 0) is 0 Å². The van der Waals surface area contributed by atoms with Crippen LogP contribution in [0.4, 0.5) is 0 Å². The number of aliphatic hydroxyl groups is 1. The molecule has 0 atom stereocenters. The average molecular weight is 76.1 g/mol. The van der Waals surface area contributed by atoms with Crippen molar-refractivity contribution < 1.29 is 9.94 Å². The Morgan fingerprint density at radius 3 is 2.60 bits per heavy atom. The molecule has 0 aliphatic heterocycles. The second kappa shape index (κ2) is 3.88. The molecular weight excluding hydrogens is 70.0 g/mol. The molecule has 0 fully saturated rings. The lowest BCUT2D eigenvalue weighted by Gasteiger charge is -1.83. The lowest BCUT2D eigenvalue weighted by Crippen LogP contribution is -2.01. The van der Waals surface area contributed by atoms with Crippen molar-refractivity contribution in [2.24, 2.45) is 0 Å². The van der Waals surface area contributed by atoms with Crippen LogP contribution in [-0.4, -0.2) is 18.9 Å². The third kappa shape index (κ3) is 3.88. The molecule has 0 saturated heterocycles. The number of aliphatic hydroxyl groups excluding tert-OH is 1. The standard InChI is InChI=1S/C2H6NO2/c1-5-3-2-4/h4H,2H2,1H3. The third-order valence-electron chi connectivity index (χ3n) is 0.187. The molecule has 0 spiro atoms. The normalized spacial score (nSPS) is 8.40. The summed E-state index contributed by atoms with van der Waals surface area (Å²) in [5.74, 6) is 0. The van der Waals surface area contributed by atoms with Crippen molar-refractivity contribution in [1.29, 1.82) is 0 Å². The molecular formula is C2H6NO2. The summed E-state index contributed by atoms with van der Waals surface area (Å²) < 4.78 is 0. The maximum atomic E-state index is 7.77. The fraction of sp³-hybridized carbons (Fsp3) is 1.00. The topological polar surface area (TPSA) is 43.6 Å². The van der Waals surface area contributed by atoms with Crippen molar-refractivity contribution in [3.8, 4) is 0 Å². The Bertz CT molecular complexity index is 15.1. The van der Waals surface area contributed by atoms with Gasteiger partial charge in [0.15, 0.2) is 0 Å². The summed E-state index contributed by atoms with van der Waals surface area (Å²) in [6.45, 7) is -0.253. The van der Waals surface area contributed by atoms with E-state index in [9.17, 15) is 0 Å². The van der Waals surface area contributed by atoms with Gasteiger partial charge < -0.3 is 5.11 Å². The minimum absolute atomic E-state index is 0.253. The van der Waals surface area contributed by atoms with Gasteiger partial charge in [0.1, 0.15) is 6.73 Å². The van der Waals surface area contributed by atoms with Crippen LogP contribution < -0.4 is 5.48 Å². The number of nitrogens with zero attached hydrogens (tertiary/aromatic N) is 1. The van der Waals surface area contributed by atoms with E-state index in [0.717, 1.165) is 0 Å². The predicted molar refractivity (Wildman–Crippen MR) is 16.2 cm³/mol. The molecule has 0 amide bonds. The molecule has 0 rings (SSSR count). The quantitative estimate of drug-likeness (QED) is 0.433. The van der Waals surface area contributed by atoms with Gasteiger partial charge in [0.05, 0.1) is 7.11 Å². The Labute approximate surface area is 30.5 Å². The molecule has 0 saturated carbocycles. The lowest BCUT2D eigenvalue weighted by molar-refractivity contribution is 0.0232. The Balaban J connectivity index is 2.19. The van der Waals surface area contributed by atoms with Crippen molar-refractivity contribution in [2.45, 2.75) is 0 Å². The van der Waals surface area contributed by atoms with E-state index < -0.39 is 0 Å². The summed E-state index contributed by atoms with van der Waals surface area (Å²) in [5, 5.41) is 7.77. The first-order valence-corrected chi connectivity index (χ1v) is 1.22. The summed E-state index contributed by atoms with van der Waals surface area (Å²) in [7, 11) is 1.39. The summed E-state index contributed by atoms with van der Waals surface area (Å²) in [6, 6.07) is 0. The smallest absolute Gasteiger partial charge is 0.137 e. The van der Waals surface area contributed by atoms with Crippen LogP contribution in [0.1, 0.15) is 0 Å². The highest BCUT2D eigenvalue weighted by atomic mass is 16.6.